The predicted octanol–water partition coefficient (Wildman–Crippen LogP) is 0.971. The van der Waals surface area contributed by atoms with E-state index >= 15 is 0 Å². The molecule has 0 bridgehead atoms. The smallest absolute Gasteiger partial charge is 0.306 e. The number of hydrogen-bond acceptors (Lipinski definition) is 3. The Bertz CT molecular complexity index is 135. The van der Waals surface area contributed by atoms with E-state index < -0.39 is 0 Å². The van der Waals surface area contributed by atoms with Gasteiger partial charge in [0, 0.05) is 6.42 Å². The van der Waals surface area contributed by atoms with Crippen molar-refractivity contribution in [1.82, 2.24) is 5.32 Å². The average molecular weight is 194 g/mol. The Morgan fingerprint density at radius 3 is 2.92 bits per heavy atom. The zero-order valence-electron chi connectivity index (χ0n) is 7.34. The van der Waals surface area contributed by atoms with Gasteiger partial charge in [-0.3, -0.25) is 4.79 Å². The summed E-state index contributed by atoms with van der Waals surface area (Å²) in [6, 6.07) is 0. The number of ether oxygens (including phenoxy) is 1. The number of rotatable bonds is 3. The minimum atomic E-state index is -0.0544. The molecule has 0 aromatic rings. The fourth-order valence-corrected chi connectivity index (χ4v) is 1.34. The largest absolute Gasteiger partial charge is 0.466 e. The van der Waals surface area contributed by atoms with Gasteiger partial charge in [-0.05, 0) is 32.4 Å². The molecule has 1 aliphatic heterocycles. The van der Waals surface area contributed by atoms with Gasteiger partial charge in [-0.2, -0.15) is 0 Å². The average Bonchev–Trinajstić information content (AvgIpc) is 2.40. The standard InChI is InChI=1S/C8H15NO2.ClH/c1-2-11-8(10)5-7-3-4-9-6-7;/h7,9H,2-6H2,1H3;1H. The summed E-state index contributed by atoms with van der Waals surface area (Å²) in [7, 11) is 0. The number of carbonyl (C=O) groups excluding carboxylic acids is 1. The van der Waals surface area contributed by atoms with Crippen LogP contribution in [0.3, 0.4) is 0 Å². The highest BCUT2D eigenvalue weighted by atomic mass is 35.5. The Morgan fingerprint density at radius 2 is 2.42 bits per heavy atom. The van der Waals surface area contributed by atoms with Crippen molar-refractivity contribution in [3.05, 3.63) is 0 Å². The quantitative estimate of drug-likeness (QED) is 0.679. The molecule has 1 atom stereocenters. The second-order valence-corrected chi connectivity index (χ2v) is 2.87. The molecule has 12 heavy (non-hydrogen) atoms. The van der Waals surface area contributed by atoms with Crippen molar-refractivity contribution in [2.45, 2.75) is 19.8 Å². The summed E-state index contributed by atoms with van der Waals surface area (Å²) in [6.45, 7) is 4.35. The molecule has 0 aliphatic carbocycles. The first kappa shape index (κ1) is 11.7. The second-order valence-electron chi connectivity index (χ2n) is 2.87. The number of esters is 1. The van der Waals surface area contributed by atoms with Crippen LogP contribution in [-0.4, -0.2) is 25.7 Å². The van der Waals surface area contributed by atoms with Gasteiger partial charge in [0.05, 0.1) is 6.61 Å². The van der Waals surface area contributed by atoms with Crippen LogP contribution in [0.4, 0.5) is 0 Å². The zero-order chi connectivity index (χ0) is 8.10. The van der Waals surface area contributed by atoms with Crippen molar-refractivity contribution in [2.75, 3.05) is 19.7 Å². The van der Waals surface area contributed by atoms with Gasteiger partial charge in [-0.25, -0.2) is 0 Å². The molecule has 1 aliphatic rings. The Hall–Kier alpha value is -0.280. The molecule has 1 heterocycles. The molecule has 1 N–H and O–H groups in total. The van der Waals surface area contributed by atoms with Crippen molar-refractivity contribution in [1.29, 1.82) is 0 Å². The first-order chi connectivity index (χ1) is 5.33. The maximum atomic E-state index is 10.9. The number of carbonyl (C=O) groups is 1. The summed E-state index contributed by atoms with van der Waals surface area (Å²) in [5.41, 5.74) is 0. The molecule has 1 unspecified atom stereocenters. The third-order valence-electron chi connectivity index (χ3n) is 1.92. The van der Waals surface area contributed by atoms with E-state index in [0.29, 0.717) is 18.9 Å². The minimum Gasteiger partial charge on any atom is -0.466 e. The van der Waals surface area contributed by atoms with Crippen molar-refractivity contribution >= 4 is 18.4 Å². The predicted molar refractivity (Wildman–Crippen MR) is 49.5 cm³/mol. The molecule has 0 saturated carbocycles. The molecule has 0 aromatic heterocycles. The molecular formula is C8H16ClNO2. The van der Waals surface area contributed by atoms with Gasteiger partial charge in [0.25, 0.3) is 0 Å². The van der Waals surface area contributed by atoms with E-state index in [1.165, 1.54) is 0 Å². The van der Waals surface area contributed by atoms with E-state index in [4.69, 9.17) is 4.74 Å². The van der Waals surface area contributed by atoms with Crippen LogP contribution in [0, 0.1) is 5.92 Å². The first-order valence-corrected chi connectivity index (χ1v) is 4.19. The van der Waals surface area contributed by atoms with Crippen LogP contribution in [0.5, 0.6) is 0 Å². The highest BCUT2D eigenvalue weighted by Gasteiger charge is 2.18. The monoisotopic (exact) mass is 193 g/mol. The Balaban J connectivity index is 0.00000121. The molecule has 3 nitrogen and oxygen atoms in total. The van der Waals surface area contributed by atoms with Crippen LogP contribution < -0.4 is 5.32 Å². The zero-order valence-corrected chi connectivity index (χ0v) is 8.15. The third kappa shape index (κ3) is 3.93. The summed E-state index contributed by atoms with van der Waals surface area (Å²) in [5, 5.41) is 3.21. The molecule has 1 saturated heterocycles. The molecule has 0 radical (unpaired) electrons. The number of nitrogens with one attached hydrogen (secondary N) is 1. The Morgan fingerprint density at radius 1 is 1.67 bits per heavy atom. The van der Waals surface area contributed by atoms with Crippen LogP contribution >= 0.6 is 12.4 Å². The Kier molecular flexibility index (Phi) is 6.11. The van der Waals surface area contributed by atoms with Crippen molar-refractivity contribution in [2.24, 2.45) is 5.92 Å². The number of halogens is 1. The molecule has 72 valence electrons. The van der Waals surface area contributed by atoms with Crippen LogP contribution in [0.15, 0.2) is 0 Å². The van der Waals surface area contributed by atoms with Gasteiger partial charge in [0.1, 0.15) is 0 Å². The molecule has 1 rings (SSSR count). The molecular weight excluding hydrogens is 178 g/mol. The fraction of sp³-hybridized carbons (Fsp3) is 0.875. The first-order valence-electron chi connectivity index (χ1n) is 4.19. The van der Waals surface area contributed by atoms with Gasteiger partial charge in [0.15, 0.2) is 0 Å². The summed E-state index contributed by atoms with van der Waals surface area (Å²) < 4.78 is 4.84. The van der Waals surface area contributed by atoms with E-state index in [-0.39, 0.29) is 18.4 Å². The lowest BCUT2D eigenvalue weighted by Gasteiger charge is -2.06. The van der Waals surface area contributed by atoms with Gasteiger partial charge in [0.2, 0.25) is 0 Å². The summed E-state index contributed by atoms with van der Waals surface area (Å²) in [6.07, 6.45) is 1.69. The maximum Gasteiger partial charge on any atom is 0.306 e. The third-order valence-corrected chi connectivity index (χ3v) is 1.92. The molecule has 0 aromatic carbocycles. The van der Waals surface area contributed by atoms with E-state index in [9.17, 15) is 4.79 Å². The molecule has 1 fully saturated rings. The normalized spacial score (nSPS) is 21.6. The minimum absolute atomic E-state index is 0. The fourth-order valence-electron chi connectivity index (χ4n) is 1.34. The van der Waals surface area contributed by atoms with Gasteiger partial charge in [-0.1, -0.05) is 0 Å². The summed E-state index contributed by atoms with van der Waals surface area (Å²) in [4.78, 5) is 10.9. The van der Waals surface area contributed by atoms with Gasteiger partial charge >= 0.3 is 5.97 Å². The highest BCUT2D eigenvalue weighted by Crippen LogP contribution is 2.12. The summed E-state index contributed by atoms with van der Waals surface area (Å²) in [5.74, 6) is 0.454. The Labute approximate surface area is 79.3 Å². The second kappa shape index (κ2) is 6.26. The van der Waals surface area contributed by atoms with E-state index in [1.807, 2.05) is 6.92 Å². The molecule has 4 heteroatoms. The SMILES string of the molecule is CCOC(=O)CC1CCNC1.Cl. The highest BCUT2D eigenvalue weighted by molar-refractivity contribution is 5.85. The molecule has 0 amide bonds. The van der Waals surface area contributed by atoms with E-state index in [0.717, 1.165) is 19.5 Å². The topological polar surface area (TPSA) is 38.3 Å². The molecule has 0 spiro atoms. The summed E-state index contributed by atoms with van der Waals surface area (Å²) >= 11 is 0. The van der Waals surface area contributed by atoms with Crippen molar-refractivity contribution < 1.29 is 9.53 Å². The van der Waals surface area contributed by atoms with E-state index in [2.05, 4.69) is 5.32 Å². The van der Waals surface area contributed by atoms with E-state index in [1.54, 1.807) is 0 Å². The lowest BCUT2D eigenvalue weighted by Crippen LogP contribution is -2.14. The lowest BCUT2D eigenvalue weighted by atomic mass is 10.1. The van der Waals surface area contributed by atoms with Crippen LogP contribution in [0.25, 0.3) is 0 Å². The number of hydrogen-bond donors (Lipinski definition) is 1. The van der Waals surface area contributed by atoms with Crippen molar-refractivity contribution in [3.63, 3.8) is 0 Å². The van der Waals surface area contributed by atoms with Crippen molar-refractivity contribution in [3.8, 4) is 0 Å². The van der Waals surface area contributed by atoms with Crippen LogP contribution in [0.2, 0.25) is 0 Å². The van der Waals surface area contributed by atoms with Gasteiger partial charge in [-0.15, -0.1) is 12.4 Å². The maximum absolute atomic E-state index is 10.9. The lowest BCUT2D eigenvalue weighted by molar-refractivity contribution is -0.144. The van der Waals surface area contributed by atoms with Crippen LogP contribution in [-0.2, 0) is 9.53 Å². The van der Waals surface area contributed by atoms with Gasteiger partial charge < -0.3 is 10.1 Å². The van der Waals surface area contributed by atoms with Crippen LogP contribution in [0.1, 0.15) is 19.8 Å².